The molecular formula is C32H30Cl2N4O3. The lowest BCUT2D eigenvalue weighted by Crippen LogP contribution is -2.54. The van der Waals surface area contributed by atoms with E-state index < -0.39 is 12.1 Å². The summed E-state index contributed by atoms with van der Waals surface area (Å²) in [5, 5.41) is 1.21. The fourth-order valence-electron chi connectivity index (χ4n) is 5.29. The summed E-state index contributed by atoms with van der Waals surface area (Å²) in [6, 6.07) is 19.3. The molecule has 2 heterocycles. The number of carbonyl (C=O) groups is 2. The molecule has 0 bridgehead atoms. The van der Waals surface area contributed by atoms with E-state index in [4.69, 9.17) is 39.4 Å². The van der Waals surface area contributed by atoms with Gasteiger partial charge in [-0.3, -0.25) is 14.7 Å². The van der Waals surface area contributed by atoms with Crippen LogP contribution in [-0.4, -0.2) is 65.3 Å². The number of nitrogens with zero attached hydrogens (tertiary/aromatic N) is 4. The molecule has 41 heavy (non-hydrogen) atoms. The van der Waals surface area contributed by atoms with E-state index in [0.29, 0.717) is 65.5 Å². The lowest BCUT2D eigenvalue weighted by molar-refractivity contribution is -0.130. The lowest BCUT2D eigenvalue weighted by Gasteiger charge is -2.39. The highest BCUT2D eigenvalue weighted by Crippen LogP contribution is 2.45. The van der Waals surface area contributed by atoms with E-state index in [-0.39, 0.29) is 11.9 Å². The summed E-state index contributed by atoms with van der Waals surface area (Å²) < 4.78 is 6.01. The van der Waals surface area contributed by atoms with E-state index in [1.54, 1.807) is 27.7 Å². The van der Waals surface area contributed by atoms with Gasteiger partial charge in [-0.1, -0.05) is 53.4 Å². The Labute approximate surface area is 250 Å². The maximum absolute atomic E-state index is 14.5. The number of urea groups is 1. The van der Waals surface area contributed by atoms with Crippen LogP contribution >= 0.6 is 23.2 Å². The highest BCUT2D eigenvalue weighted by molar-refractivity contribution is 6.30. The van der Waals surface area contributed by atoms with Gasteiger partial charge in [0.25, 0.3) is 0 Å². The molecule has 2 aliphatic rings. The predicted octanol–water partition coefficient (Wildman–Crippen LogP) is 6.20. The molecule has 2 atom stereocenters. The smallest absolute Gasteiger partial charge is 0.326 e. The first-order chi connectivity index (χ1) is 19.8. The third kappa shape index (κ3) is 5.90. The number of terminal acetylenes is 1. The molecule has 7 nitrogen and oxygen atoms in total. The fraction of sp³-hybridized carbons (Fsp3) is 0.281. The number of amides is 3. The maximum atomic E-state index is 14.5. The van der Waals surface area contributed by atoms with Crippen molar-refractivity contribution >= 4 is 41.0 Å². The molecule has 210 valence electrons. The molecule has 0 aromatic heterocycles. The second-order valence-electron chi connectivity index (χ2n) is 9.88. The number of halogens is 2. The third-order valence-electron chi connectivity index (χ3n) is 7.38. The topological polar surface area (TPSA) is 65.5 Å². The van der Waals surface area contributed by atoms with Gasteiger partial charge in [-0.25, -0.2) is 4.79 Å². The van der Waals surface area contributed by atoms with E-state index in [0.717, 1.165) is 11.1 Å². The lowest BCUT2D eigenvalue weighted by atomic mass is 9.93. The molecule has 5 rings (SSSR count). The summed E-state index contributed by atoms with van der Waals surface area (Å²) in [5.74, 6) is 3.68. The first-order valence-electron chi connectivity index (χ1n) is 13.5. The molecule has 0 unspecified atom stereocenters. The highest BCUT2D eigenvalue weighted by Gasteiger charge is 2.45. The molecule has 2 aliphatic heterocycles. The number of carbonyl (C=O) groups excluding carboxylic acids is 2. The van der Waals surface area contributed by atoms with Crippen molar-refractivity contribution in [3.8, 4) is 18.1 Å². The Balaban J connectivity index is 1.66. The van der Waals surface area contributed by atoms with Crippen LogP contribution in [0.2, 0.25) is 10.0 Å². The number of benzene rings is 3. The molecule has 0 spiro atoms. The number of piperazine rings is 1. The van der Waals surface area contributed by atoms with Gasteiger partial charge in [-0.05, 0) is 60.5 Å². The zero-order valence-corrected chi connectivity index (χ0v) is 24.4. The van der Waals surface area contributed by atoms with Crippen LogP contribution in [0.4, 0.5) is 4.79 Å². The summed E-state index contributed by atoms with van der Waals surface area (Å²) >= 11 is 12.5. The quantitative estimate of drug-likeness (QED) is 0.333. The highest BCUT2D eigenvalue weighted by atomic mass is 35.5. The largest absolute Gasteiger partial charge is 0.493 e. The van der Waals surface area contributed by atoms with Crippen LogP contribution in [0.5, 0.6) is 5.75 Å². The number of hydrogen-bond acceptors (Lipinski definition) is 4. The van der Waals surface area contributed by atoms with Crippen molar-refractivity contribution in [1.29, 1.82) is 0 Å². The second kappa shape index (κ2) is 12.3. The van der Waals surface area contributed by atoms with Gasteiger partial charge in [0.15, 0.2) is 0 Å². The molecule has 0 aliphatic carbocycles. The number of ether oxygens (including phenoxy) is 1. The standard InChI is InChI=1S/C32H30Cl2N4O3/c1-4-22-6-15-27(28(20-22)41-5-2)31-35-29(23-7-11-25(33)12-8-23)30(24-9-13-26(34)14-10-24)38(31)32(40)37-18-16-36(17-19-37)21(3)39/h1,6-15,20,29-30H,5,16-19H2,2-3H3/t29-,30+/m0/s1. The molecule has 3 aromatic carbocycles. The molecular weight excluding hydrogens is 559 g/mol. The normalized spacial score (nSPS) is 18.6. The van der Waals surface area contributed by atoms with Crippen LogP contribution in [0.3, 0.4) is 0 Å². The van der Waals surface area contributed by atoms with Gasteiger partial charge in [0.2, 0.25) is 5.91 Å². The summed E-state index contributed by atoms with van der Waals surface area (Å²) in [6.45, 7) is 5.61. The Bertz CT molecular complexity index is 1510. The number of amidine groups is 1. The van der Waals surface area contributed by atoms with Crippen molar-refractivity contribution in [3.05, 3.63) is 99.0 Å². The average Bonchev–Trinajstić information content (AvgIpc) is 3.38. The van der Waals surface area contributed by atoms with Crippen molar-refractivity contribution in [1.82, 2.24) is 14.7 Å². The average molecular weight is 590 g/mol. The van der Waals surface area contributed by atoms with E-state index in [2.05, 4.69) is 5.92 Å². The van der Waals surface area contributed by atoms with Crippen molar-refractivity contribution in [2.45, 2.75) is 25.9 Å². The van der Waals surface area contributed by atoms with Gasteiger partial charge in [0.1, 0.15) is 17.6 Å². The van der Waals surface area contributed by atoms with Crippen molar-refractivity contribution in [2.75, 3.05) is 32.8 Å². The Morgan fingerprint density at radius 1 is 0.927 bits per heavy atom. The fourth-order valence-corrected chi connectivity index (χ4v) is 5.54. The van der Waals surface area contributed by atoms with Gasteiger partial charge < -0.3 is 14.5 Å². The van der Waals surface area contributed by atoms with Gasteiger partial charge in [0, 0.05) is 48.7 Å². The number of hydrogen-bond donors (Lipinski definition) is 0. The van der Waals surface area contributed by atoms with Crippen LogP contribution in [0.15, 0.2) is 71.7 Å². The second-order valence-corrected chi connectivity index (χ2v) is 10.8. The summed E-state index contributed by atoms with van der Waals surface area (Å²) in [5.41, 5.74) is 3.11. The van der Waals surface area contributed by atoms with E-state index in [1.807, 2.05) is 67.6 Å². The van der Waals surface area contributed by atoms with E-state index in [1.165, 1.54) is 0 Å². The minimum absolute atomic E-state index is 0.00248. The molecule has 0 N–H and O–H groups in total. The Kier molecular flexibility index (Phi) is 8.53. The Morgan fingerprint density at radius 3 is 2.07 bits per heavy atom. The van der Waals surface area contributed by atoms with Crippen LogP contribution < -0.4 is 4.74 Å². The Morgan fingerprint density at radius 2 is 1.51 bits per heavy atom. The van der Waals surface area contributed by atoms with Gasteiger partial charge >= 0.3 is 6.03 Å². The van der Waals surface area contributed by atoms with E-state index >= 15 is 0 Å². The molecule has 1 saturated heterocycles. The zero-order chi connectivity index (χ0) is 29.1. The predicted molar refractivity (Wildman–Crippen MR) is 162 cm³/mol. The van der Waals surface area contributed by atoms with Crippen LogP contribution in [0.1, 0.15) is 48.2 Å². The molecule has 9 heteroatoms. The monoisotopic (exact) mass is 588 g/mol. The van der Waals surface area contributed by atoms with Crippen molar-refractivity contribution in [2.24, 2.45) is 4.99 Å². The molecule has 1 fully saturated rings. The van der Waals surface area contributed by atoms with Crippen LogP contribution in [-0.2, 0) is 4.79 Å². The van der Waals surface area contributed by atoms with Crippen molar-refractivity contribution < 1.29 is 14.3 Å². The molecule has 3 aromatic rings. The molecule has 0 saturated carbocycles. The van der Waals surface area contributed by atoms with Crippen molar-refractivity contribution in [3.63, 3.8) is 0 Å². The van der Waals surface area contributed by atoms with Crippen LogP contribution in [0.25, 0.3) is 0 Å². The number of aliphatic imine (C=N–C) groups is 1. The molecule has 3 amide bonds. The van der Waals surface area contributed by atoms with E-state index in [9.17, 15) is 9.59 Å². The Hall–Kier alpha value is -3.99. The van der Waals surface area contributed by atoms with Crippen LogP contribution in [0, 0.1) is 12.3 Å². The minimum atomic E-state index is -0.483. The SMILES string of the molecule is C#Cc1ccc(C2=N[C@@H](c3ccc(Cl)cc3)[C@@H](c3ccc(Cl)cc3)N2C(=O)N2CCN(C(C)=O)CC2)c(OCC)c1. The molecule has 0 radical (unpaired) electrons. The first-order valence-corrected chi connectivity index (χ1v) is 14.2. The maximum Gasteiger partial charge on any atom is 0.326 e. The van der Waals surface area contributed by atoms with Gasteiger partial charge in [-0.2, -0.15) is 0 Å². The van der Waals surface area contributed by atoms with Gasteiger partial charge in [-0.15, -0.1) is 6.42 Å². The number of rotatable bonds is 5. The summed E-state index contributed by atoms with van der Waals surface area (Å²) in [4.78, 5) is 36.9. The summed E-state index contributed by atoms with van der Waals surface area (Å²) in [6.07, 6.45) is 5.69. The third-order valence-corrected chi connectivity index (χ3v) is 7.88. The summed E-state index contributed by atoms with van der Waals surface area (Å²) in [7, 11) is 0. The minimum Gasteiger partial charge on any atom is -0.493 e. The van der Waals surface area contributed by atoms with Gasteiger partial charge in [0.05, 0.1) is 18.2 Å². The first kappa shape index (κ1) is 28.5. The zero-order valence-electron chi connectivity index (χ0n) is 22.9.